The first kappa shape index (κ1) is 13.8. The van der Waals surface area contributed by atoms with E-state index in [4.69, 9.17) is 10.7 Å². The van der Waals surface area contributed by atoms with Gasteiger partial charge >= 0.3 is 9.24 Å². The summed E-state index contributed by atoms with van der Waals surface area (Å²) in [6.45, 7) is 3.51. The monoisotopic (exact) mass is 290 g/mol. The molecule has 5 nitrogen and oxygen atoms in total. The lowest BCUT2D eigenvalue weighted by molar-refractivity contribution is -0.970. The number of hydrogen-bond donors (Lipinski definition) is 2. The molecule has 7 heteroatoms. The van der Waals surface area contributed by atoms with Crippen molar-refractivity contribution >= 4 is 19.9 Å². The Balaban J connectivity index is 2.19. The van der Waals surface area contributed by atoms with Crippen molar-refractivity contribution < 1.29 is 13.0 Å². The standard InChI is InChI=1S/C11H17ClN3O2S/c12-18(16,17)14-15(8-6-13-7-9-15)10-11-4-2-1-3-5-11/h1-5,13-14H,6-10H2/q+1. The molecule has 1 aliphatic rings. The predicted octanol–water partition coefficient (Wildman–Crippen LogP) is 0.595. The number of hydrogen-bond acceptors (Lipinski definition) is 3. The Bertz CT molecular complexity index is 486. The van der Waals surface area contributed by atoms with Crippen LogP contribution in [0.3, 0.4) is 0 Å². The smallest absolute Gasteiger partial charge is 0.306 e. The first-order valence-electron chi connectivity index (χ1n) is 5.84. The molecule has 1 fully saturated rings. The summed E-state index contributed by atoms with van der Waals surface area (Å²) in [5.74, 6) is 0. The van der Waals surface area contributed by atoms with Crippen molar-refractivity contribution in [2.75, 3.05) is 26.2 Å². The highest BCUT2D eigenvalue weighted by Crippen LogP contribution is 2.15. The van der Waals surface area contributed by atoms with E-state index in [1.54, 1.807) is 0 Å². The molecule has 0 aromatic heterocycles. The molecule has 0 amide bonds. The van der Waals surface area contributed by atoms with Crippen LogP contribution in [-0.4, -0.2) is 39.2 Å². The molecule has 1 aliphatic heterocycles. The topological polar surface area (TPSA) is 58.2 Å². The summed E-state index contributed by atoms with van der Waals surface area (Å²) in [4.78, 5) is 2.56. The van der Waals surface area contributed by atoms with E-state index in [1.165, 1.54) is 0 Å². The zero-order valence-electron chi connectivity index (χ0n) is 9.97. The van der Waals surface area contributed by atoms with E-state index in [1.807, 2.05) is 30.3 Å². The maximum atomic E-state index is 11.3. The lowest BCUT2D eigenvalue weighted by Crippen LogP contribution is -2.65. The van der Waals surface area contributed by atoms with Crippen LogP contribution in [0.15, 0.2) is 30.3 Å². The molecule has 18 heavy (non-hydrogen) atoms. The largest absolute Gasteiger partial charge is 0.339 e. The first-order chi connectivity index (χ1) is 8.49. The minimum Gasteiger partial charge on any atom is -0.306 e. The number of piperazine rings is 1. The van der Waals surface area contributed by atoms with Crippen molar-refractivity contribution in [3.05, 3.63) is 35.9 Å². The van der Waals surface area contributed by atoms with Crippen molar-refractivity contribution in [1.82, 2.24) is 10.1 Å². The van der Waals surface area contributed by atoms with Crippen LogP contribution in [0.4, 0.5) is 0 Å². The highest BCUT2D eigenvalue weighted by Gasteiger charge is 2.34. The molecule has 0 unspecified atom stereocenters. The fourth-order valence-electron chi connectivity index (χ4n) is 2.27. The van der Waals surface area contributed by atoms with Gasteiger partial charge in [0.25, 0.3) is 0 Å². The van der Waals surface area contributed by atoms with Gasteiger partial charge < -0.3 is 5.32 Å². The van der Waals surface area contributed by atoms with Crippen molar-refractivity contribution in [3.63, 3.8) is 0 Å². The van der Waals surface area contributed by atoms with Gasteiger partial charge in [-0.15, -0.1) is 0 Å². The maximum absolute atomic E-state index is 11.3. The third-order valence-electron chi connectivity index (χ3n) is 3.06. The highest BCUT2D eigenvalue weighted by molar-refractivity contribution is 8.12. The Morgan fingerprint density at radius 1 is 1.22 bits per heavy atom. The third kappa shape index (κ3) is 3.93. The summed E-state index contributed by atoms with van der Waals surface area (Å²) in [5.41, 5.74) is 1.09. The number of quaternary nitrogens is 1. The highest BCUT2D eigenvalue weighted by atomic mass is 35.7. The van der Waals surface area contributed by atoms with Crippen LogP contribution in [-0.2, 0) is 15.8 Å². The van der Waals surface area contributed by atoms with Gasteiger partial charge in [-0.25, -0.2) is 4.59 Å². The summed E-state index contributed by atoms with van der Waals surface area (Å²) in [5, 5.41) is 3.22. The Kier molecular flexibility index (Phi) is 4.24. The molecule has 0 atom stereocenters. The number of nitrogens with one attached hydrogen (secondary N) is 2. The van der Waals surface area contributed by atoms with E-state index in [0.29, 0.717) is 19.6 Å². The average Bonchev–Trinajstić information content (AvgIpc) is 2.28. The summed E-state index contributed by atoms with van der Waals surface area (Å²) < 4.78 is 22.9. The van der Waals surface area contributed by atoms with Crippen LogP contribution in [0.25, 0.3) is 0 Å². The minimum absolute atomic E-state index is 0.267. The lowest BCUT2D eigenvalue weighted by Gasteiger charge is -2.39. The molecule has 100 valence electrons. The quantitative estimate of drug-likeness (QED) is 0.630. The van der Waals surface area contributed by atoms with E-state index in [2.05, 4.69) is 10.1 Å². The van der Waals surface area contributed by atoms with Gasteiger partial charge in [0.15, 0.2) is 0 Å². The van der Waals surface area contributed by atoms with Crippen molar-refractivity contribution in [2.45, 2.75) is 6.54 Å². The van der Waals surface area contributed by atoms with Crippen LogP contribution >= 0.6 is 10.7 Å². The molecule has 0 radical (unpaired) electrons. The van der Waals surface area contributed by atoms with E-state index in [-0.39, 0.29) is 4.59 Å². The van der Waals surface area contributed by atoms with E-state index in [9.17, 15) is 8.42 Å². The molecule has 1 heterocycles. The summed E-state index contributed by atoms with van der Waals surface area (Å²) >= 11 is 0. The normalized spacial score (nSPS) is 19.6. The summed E-state index contributed by atoms with van der Waals surface area (Å²) in [7, 11) is 1.61. The minimum atomic E-state index is -3.74. The maximum Gasteiger partial charge on any atom is 0.339 e. The molecule has 1 aromatic rings. The molecule has 1 saturated heterocycles. The first-order valence-corrected chi connectivity index (χ1v) is 8.14. The molecule has 0 spiro atoms. The predicted molar refractivity (Wildman–Crippen MR) is 70.9 cm³/mol. The van der Waals surface area contributed by atoms with Gasteiger partial charge in [0.1, 0.15) is 19.6 Å². The zero-order chi connectivity index (χ0) is 13.1. The third-order valence-corrected chi connectivity index (χ3v) is 3.88. The average molecular weight is 291 g/mol. The Hall–Kier alpha value is -0.660. The SMILES string of the molecule is O=S(=O)(Cl)N[N+]1(Cc2ccccc2)CCNCC1. The summed E-state index contributed by atoms with van der Waals surface area (Å²) in [6.07, 6.45) is 0. The van der Waals surface area contributed by atoms with E-state index < -0.39 is 9.24 Å². The second-order valence-electron chi connectivity index (χ2n) is 4.52. The molecule has 2 N–H and O–H groups in total. The van der Waals surface area contributed by atoms with Crippen molar-refractivity contribution in [2.24, 2.45) is 0 Å². The van der Waals surface area contributed by atoms with Gasteiger partial charge in [-0.1, -0.05) is 30.3 Å². The second-order valence-corrected chi connectivity index (χ2v) is 6.79. The van der Waals surface area contributed by atoms with Crippen LogP contribution in [0.1, 0.15) is 5.56 Å². The van der Waals surface area contributed by atoms with Gasteiger partial charge in [-0.2, -0.15) is 8.42 Å². The van der Waals surface area contributed by atoms with Gasteiger partial charge in [0, 0.05) is 29.3 Å². The fourth-order valence-corrected chi connectivity index (χ4v) is 3.42. The molecule has 0 aliphatic carbocycles. The zero-order valence-corrected chi connectivity index (χ0v) is 11.5. The van der Waals surface area contributed by atoms with Crippen LogP contribution < -0.4 is 10.1 Å². The number of nitrogens with zero attached hydrogens (tertiary/aromatic N) is 1. The Labute approximate surface area is 112 Å². The number of halogens is 1. The van der Waals surface area contributed by atoms with Crippen LogP contribution in [0, 0.1) is 0 Å². The summed E-state index contributed by atoms with van der Waals surface area (Å²) in [6, 6.07) is 9.82. The fraction of sp³-hybridized carbons (Fsp3) is 0.455. The van der Waals surface area contributed by atoms with Crippen molar-refractivity contribution in [1.29, 1.82) is 0 Å². The molecule has 1 aromatic carbocycles. The van der Waals surface area contributed by atoms with Gasteiger partial charge in [-0.05, 0) is 4.83 Å². The van der Waals surface area contributed by atoms with E-state index >= 15 is 0 Å². The molecule has 0 bridgehead atoms. The second kappa shape index (κ2) is 5.54. The van der Waals surface area contributed by atoms with Gasteiger partial charge in [0.05, 0.1) is 0 Å². The Morgan fingerprint density at radius 2 is 1.83 bits per heavy atom. The number of benzene rings is 1. The molecule has 0 saturated carbocycles. The Morgan fingerprint density at radius 3 is 2.39 bits per heavy atom. The van der Waals surface area contributed by atoms with Crippen LogP contribution in [0.5, 0.6) is 0 Å². The molecular formula is C11H17ClN3O2S+. The lowest BCUT2D eigenvalue weighted by atomic mass is 10.2. The molecular weight excluding hydrogens is 274 g/mol. The van der Waals surface area contributed by atoms with Crippen molar-refractivity contribution in [3.8, 4) is 0 Å². The van der Waals surface area contributed by atoms with E-state index in [0.717, 1.165) is 18.7 Å². The van der Waals surface area contributed by atoms with Gasteiger partial charge in [0.2, 0.25) is 0 Å². The number of rotatable bonds is 4. The van der Waals surface area contributed by atoms with Crippen LogP contribution in [0.2, 0.25) is 0 Å². The van der Waals surface area contributed by atoms with Gasteiger partial charge in [-0.3, -0.25) is 0 Å². The molecule has 2 rings (SSSR count).